The monoisotopic (exact) mass is 280 g/mol. The fourth-order valence-corrected chi connectivity index (χ4v) is 2.79. The van der Waals surface area contributed by atoms with Gasteiger partial charge >= 0.3 is 0 Å². The molecule has 1 saturated heterocycles. The summed E-state index contributed by atoms with van der Waals surface area (Å²) in [5.74, 6) is -0.256. The van der Waals surface area contributed by atoms with Gasteiger partial charge in [0.1, 0.15) is 0 Å². The van der Waals surface area contributed by atoms with Crippen LogP contribution in [0.25, 0.3) is 0 Å². The van der Waals surface area contributed by atoms with E-state index in [1.54, 1.807) is 6.08 Å². The summed E-state index contributed by atoms with van der Waals surface area (Å²) in [5, 5.41) is 9.30. The highest BCUT2D eigenvalue weighted by Crippen LogP contribution is 2.31. The quantitative estimate of drug-likeness (QED) is 0.556. The highest BCUT2D eigenvalue weighted by atomic mass is 32.2. The van der Waals surface area contributed by atoms with Gasteiger partial charge in [-0.3, -0.25) is 4.18 Å². The Morgan fingerprint density at radius 2 is 2.22 bits per heavy atom. The third-order valence-electron chi connectivity index (χ3n) is 2.89. The number of hydrogen-bond acceptors (Lipinski definition) is 6. The molecule has 1 aliphatic rings. The molecule has 0 saturated carbocycles. The van der Waals surface area contributed by atoms with Crippen LogP contribution < -0.4 is 0 Å². The molecule has 1 heterocycles. The summed E-state index contributed by atoms with van der Waals surface area (Å²) in [6.07, 6.45) is 1.80. The first-order valence-corrected chi connectivity index (χ1v) is 7.51. The number of rotatable bonds is 6. The van der Waals surface area contributed by atoms with E-state index in [4.69, 9.17) is 13.7 Å². The van der Waals surface area contributed by atoms with Crippen LogP contribution in [-0.2, 0) is 23.8 Å². The molecule has 106 valence electrons. The molecule has 0 bridgehead atoms. The summed E-state index contributed by atoms with van der Waals surface area (Å²) in [7, 11) is -2.10. The third kappa shape index (κ3) is 4.33. The second-order valence-corrected chi connectivity index (χ2v) is 5.89. The van der Waals surface area contributed by atoms with Crippen molar-refractivity contribution in [3.63, 3.8) is 0 Å². The number of aliphatic hydroxyl groups excluding tert-OH is 1. The molecule has 1 rings (SSSR count). The lowest BCUT2D eigenvalue weighted by atomic mass is 9.88. The topological polar surface area (TPSA) is 82.1 Å². The van der Waals surface area contributed by atoms with Crippen molar-refractivity contribution in [1.82, 2.24) is 0 Å². The Labute approximate surface area is 108 Å². The summed E-state index contributed by atoms with van der Waals surface area (Å²) >= 11 is 0. The second-order valence-electron chi connectivity index (χ2n) is 4.29. The van der Waals surface area contributed by atoms with Crippen molar-refractivity contribution in [2.75, 3.05) is 20.0 Å². The maximum absolute atomic E-state index is 11.2. The zero-order chi connectivity index (χ0) is 13.8. The number of hydrogen-bond donors (Lipinski definition) is 1. The lowest BCUT2D eigenvalue weighted by molar-refractivity contribution is -0.228. The van der Waals surface area contributed by atoms with Gasteiger partial charge in [-0.2, -0.15) is 8.42 Å². The Bertz CT molecular complexity index is 366. The molecule has 0 amide bonds. The van der Waals surface area contributed by atoms with Crippen molar-refractivity contribution in [3.05, 3.63) is 12.7 Å². The van der Waals surface area contributed by atoms with E-state index >= 15 is 0 Å². The van der Waals surface area contributed by atoms with Crippen molar-refractivity contribution in [1.29, 1.82) is 0 Å². The van der Waals surface area contributed by atoms with Crippen molar-refractivity contribution in [2.24, 2.45) is 5.92 Å². The summed E-state index contributed by atoms with van der Waals surface area (Å²) in [5.41, 5.74) is 0. The van der Waals surface area contributed by atoms with E-state index in [1.165, 1.54) is 7.11 Å². The van der Waals surface area contributed by atoms with E-state index in [9.17, 15) is 13.5 Å². The van der Waals surface area contributed by atoms with E-state index in [0.29, 0.717) is 12.8 Å². The van der Waals surface area contributed by atoms with Gasteiger partial charge in [0.2, 0.25) is 0 Å². The fourth-order valence-electron chi connectivity index (χ4n) is 2.12. The summed E-state index contributed by atoms with van der Waals surface area (Å²) in [4.78, 5) is 0. The van der Waals surface area contributed by atoms with Crippen molar-refractivity contribution < 1.29 is 27.2 Å². The lowest BCUT2D eigenvalue weighted by Crippen LogP contribution is -2.48. The minimum atomic E-state index is -3.57. The Hall–Kier alpha value is -0.470. The largest absolute Gasteiger partial charge is 0.394 e. The van der Waals surface area contributed by atoms with Gasteiger partial charge in [0.05, 0.1) is 25.1 Å². The van der Waals surface area contributed by atoms with E-state index < -0.39 is 28.6 Å². The van der Waals surface area contributed by atoms with E-state index in [0.717, 1.165) is 6.26 Å². The third-order valence-corrected chi connectivity index (χ3v) is 3.48. The molecule has 1 N–H and O–H groups in total. The highest BCUT2D eigenvalue weighted by Gasteiger charge is 2.40. The average Bonchev–Trinajstić information content (AvgIpc) is 2.29. The van der Waals surface area contributed by atoms with Crippen LogP contribution >= 0.6 is 0 Å². The van der Waals surface area contributed by atoms with Crippen LogP contribution in [0.1, 0.15) is 12.8 Å². The van der Waals surface area contributed by atoms with Gasteiger partial charge in [0, 0.05) is 19.4 Å². The second kappa shape index (κ2) is 6.63. The molecule has 4 atom stereocenters. The molecule has 0 aromatic heterocycles. The molecule has 18 heavy (non-hydrogen) atoms. The van der Waals surface area contributed by atoms with Crippen molar-refractivity contribution in [3.8, 4) is 0 Å². The molecule has 0 unspecified atom stereocenters. The van der Waals surface area contributed by atoms with E-state index in [2.05, 4.69) is 6.58 Å². The van der Waals surface area contributed by atoms with E-state index in [1.807, 2.05) is 0 Å². The highest BCUT2D eigenvalue weighted by molar-refractivity contribution is 7.86. The smallest absolute Gasteiger partial charge is 0.264 e. The first kappa shape index (κ1) is 15.6. The zero-order valence-corrected chi connectivity index (χ0v) is 11.4. The number of aliphatic hydroxyl groups is 1. The van der Waals surface area contributed by atoms with Gasteiger partial charge in [0.15, 0.2) is 6.29 Å². The Morgan fingerprint density at radius 3 is 2.67 bits per heavy atom. The number of ether oxygens (including phenoxy) is 2. The van der Waals surface area contributed by atoms with Crippen LogP contribution in [0.3, 0.4) is 0 Å². The van der Waals surface area contributed by atoms with Crippen LogP contribution in [0.4, 0.5) is 0 Å². The fraction of sp³-hybridized carbons (Fsp3) is 0.818. The minimum absolute atomic E-state index is 0.220. The number of allylic oxidation sites excluding steroid dienone is 1. The van der Waals surface area contributed by atoms with Gasteiger partial charge in [0.25, 0.3) is 10.1 Å². The Balaban J connectivity index is 2.87. The molecule has 1 fully saturated rings. The standard InChI is InChI=1S/C11H20O6S/c1-4-5-8-9(17-18(3,13)14)6-11(15-2)16-10(8)7-12/h4,8-12H,1,5-7H2,2-3H3/t8-,9+,10+,11-/m0/s1. The molecule has 0 aromatic rings. The predicted molar refractivity (Wildman–Crippen MR) is 65.4 cm³/mol. The first-order valence-electron chi connectivity index (χ1n) is 5.69. The summed E-state index contributed by atoms with van der Waals surface area (Å²) in [6.45, 7) is 3.40. The summed E-state index contributed by atoms with van der Waals surface area (Å²) in [6, 6.07) is 0. The van der Waals surface area contributed by atoms with Crippen molar-refractivity contribution >= 4 is 10.1 Å². The molecule has 0 aliphatic carbocycles. The van der Waals surface area contributed by atoms with Crippen LogP contribution in [0.2, 0.25) is 0 Å². The van der Waals surface area contributed by atoms with Gasteiger partial charge in [-0.05, 0) is 6.42 Å². The minimum Gasteiger partial charge on any atom is -0.394 e. The Kier molecular flexibility index (Phi) is 5.74. The number of methoxy groups -OCH3 is 1. The van der Waals surface area contributed by atoms with Crippen LogP contribution in [0.5, 0.6) is 0 Å². The molecular weight excluding hydrogens is 260 g/mol. The molecule has 0 radical (unpaired) electrons. The van der Waals surface area contributed by atoms with Gasteiger partial charge in [-0.25, -0.2) is 0 Å². The van der Waals surface area contributed by atoms with Crippen LogP contribution in [0.15, 0.2) is 12.7 Å². The van der Waals surface area contributed by atoms with Gasteiger partial charge < -0.3 is 14.6 Å². The average molecular weight is 280 g/mol. The van der Waals surface area contributed by atoms with Crippen LogP contribution in [-0.4, -0.2) is 52.0 Å². The maximum Gasteiger partial charge on any atom is 0.264 e. The predicted octanol–water partition coefficient (Wildman–Crippen LogP) is 0.277. The van der Waals surface area contributed by atoms with Crippen molar-refractivity contribution in [2.45, 2.75) is 31.3 Å². The van der Waals surface area contributed by atoms with E-state index in [-0.39, 0.29) is 12.5 Å². The summed E-state index contributed by atoms with van der Waals surface area (Å²) < 4.78 is 38.1. The van der Waals surface area contributed by atoms with Crippen LogP contribution in [0, 0.1) is 5.92 Å². The first-order chi connectivity index (χ1) is 8.41. The molecule has 1 aliphatic heterocycles. The maximum atomic E-state index is 11.2. The normalized spacial score (nSPS) is 33.3. The lowest BCUT2D eigenvalue weighted by Gasteiger charge is -2.39. The Morgan fingerprint density at radius 1 is 1.56 bits per heavy atom. The zero-order valence-electron chi connectivity index (χ0n) is 10.6. The molecular formula is C11H20O6S. The molecule has 0 aromatic carbocycles. The van der Waals surface area contributed by atoms with Gasteiger partial charge in [-0.15, -0.1) is 6.58 Å². The molecule has 6 nitrogen and oxygen atoms in total. The molecule has 7 heteroatoms. The van der Waals surface area contributed by atoms with Gasteiger partial charge in [-0.1, -0.05) is 6.08 Å². The SMILES string of the molecule is C=CC[C@@H]1[C@@H](CO)O[C@H](OC)C[C@H]1OS(C)(=O)=O. The molecule has 0 spiro atoms.